The number of carbonyl (C=O) groups is 2. The molecule has 0 bridgehead atoms. The fraction of sp³-hybridized carbons (Fsp3) is 0.533. The molecule has 7 nitrogen and oxygen atoms in total. The zero-order valence-electron chi connectivity index (χ0n) is 13.2. The Balaban J connectivity index is 2.16. The monoisotopic (exact) mass is 341 g/mol. The number of carboxylic acid groups (broad SMARTS) is 1. The summed E-state index contributed by atoms with van der Waals surface area (Å²) in [7, 11) is 1.72. The molecule has 23 heavy (non-hydrogen) atoms. The van der Waals surface area contributed by atoms with Crippen molar-refractivity contribution in [2.24, 2.45) is 7.05 Å². The number of hydrogen-bond donors (Lipinski definition) is 1. The molecule has 1 N–H and O–H groups in total. The van der Waals surface area contributed by atoms with Crippen LogP contribution in [-0.4, -0.2) is 57.5 Å². The highest BCUT2D eigenvalue weighted by atomic mass is 35.5. The lowest BCUT2D eigenvalue weighted by Crippen LogP contribution is -2.45. The van der Waals surface area contributed by atoms with Gasteiger partial charge in [0.2, 0.25) is 5.91 Å². The van der Waals surface area contributed by atoms with E-state index in [4.69, 9.17) is 21.4 Å². The van der Waals surface area contributed by atoms with E-state index >= 15 is 0 Å². The van der Waals surface area contributed by atoms with Crippen molar-refractivity contribution in [3.63, 3.8) is 0 Å². The first-order chi connectivity index (χ1) is 10.9. The van der Waals surface area contributed by atoms with Crippen LogP contribution in [0, 0.1) is 6.92 Å². The highest BCUT2D eigenvalue weighted by Crippen LogP contribution is 2.21. The molecule has 8 heteroatoms. The van der Waals surface area contributed by atoms with Gasteiger partial charge in [0.1, 0.15) is 11.7 Å². The number of aromatic nitrogens is 2. The predicted octanol–water partition coefficient (Wildman–Crippen LogP) is 1.49. The van der Waals surface area contributed by atoms with Gasteiger partial charge in [-0.25, -0.2) is 0 Å². The molecule has 1 aliphatic rings. The molecule has 0 atom stereocenters. The molecule has 1 fully saturated rings. The van der Waals surface area contributed by atoms with Crippen LogP contribution >= 0.6 is 11.6 Å². The average Bonchev–Trinajstić information content (AvgIpc) is 2.76. The van der Waals surface area contributed by atoms with Gasteiger partial charge in [0, 0.05) is 37.9 Å². The second kappa shape index (κ2) is 7.61. The van der Waals surface area contributed by atoms with Crippen molar-refractivity contribution in [2.45, 2.75) is 25.8 Å². The van der Waals surface area contributed by atoms with E-state index in [0.717, 1.165) is 0 Å². The molecule has 0 spiro atoms. The smallest absolute Gasteiger partial charge is 0.323 e. The maximum Gasteiger partial charge on any atom is 0.323 e. The summed E-state index contributed by atoms with van der Waals surface area (Å²) in [4.78, 5) is 24.9. The van der Waals surface area contributed by atoms with E-state index in [1.54, 1.807) is 20.0 Å². The molecule has 1 aliphatic heterocycles. The fourth-order valence-corrected chi connectivity index (χ4v) is 2.85. The highest BCUT2D eigenvalue weighted by Gasteiger charge is 2.26. The molecule has 0 aliphatic carbocycles. The van der Waals surface area contributed by atoms with Gasteiger partial charge < -0.3 is 14.7 Å². The van der Waals surface area contributed by atoms with Crippen LogP contribution in [0.25, 0.3) is 6.08 Å². The normalized spacial score (nSPS) is 16.0. The van der Waals surface area contributed by atoms with Crippen molar-refractivity contribution in [2.75, 3.05) is 19.8 Å². The topological polar surface area (TPSA) is 84.7 Å². The Morgan fingerprint density at radius 1 is 1.48 bits per heavy atom. The minimum absolute atomic E-state index is 0.123. The first-order valence-corrected chi connectivity index (χ1v) is 7.75. The SMILES string of the molecule is Cc1nn(C)c(Cl)c1/C=C/C(=O)N(CC(=O)O)C1CCOCC1. The van der Waals surface area contributed by atoms with Crippen molar-refractivity contribution in [3.05, 3.63) is 22.5 Å². The lowest BCUT2D eigenvalue weighted by atomic mass is 10.1. The van der Waals surface area contributed by atoms with Gasteiger partial charge in [0.15, 0.2) is 0 Å². The number of nitrogens with zero attached hydrogens (tertiary/aromatic N) is 3. The van der Waals surface area contributed by atoms with Gasteiger partial charge in [0.25, 0.3) is 0 Å². The number of hydrogen-bond acceptors (Lipinski definition) is 4. The molecule has 0 radical (unpaired) electrons. The number of amides is 1. The number of aryl methyl sites for hydroxylation is 2. The number of carboxylic acids is 1. The fourth-order valence-electron chi connectivity index (χ4n) is 2.62. The van der Waals surface area contributed by atoms with Gasteiger partial charge >= 0.3 is 5.97 Å². The Morgan fingerprint density at radius 2 is 2.13 bits per heavy atom. The summed E-state index contributed by atoms with van der Waals surface area (Å²) in [6.45, 7) is 2.54. The van der Waals surface area contributed by atoms with E-state index in [2.05, 4.69) is 5.10 Å². The Bertz CT molecular complexity index is 620. The third-order valence-corrected chi connectivity index (χ3v) is 4.26. The summed E-state index contributed by atoms with van der Waals surface area (Å²) in [5.74, 6) is -1.38. The van der Waals surface area contributed by atoms with Crippen molar-refractivity contribution in [1.29, 1.82) is 0 Å². The van der Waals surface area contributed by atoms with Gasteiger partial charge in [-0.3, -0.25) is 14.3 Å². The number of carbonyl (C=O) groups excluding carboxylic acids is 1. The van der Waals surface area contributed by atoms with Crippen LogP contribution in [0.1, 0.15) is 24.1 Å². The van der Waals surface area contributed by atoms with E-state index in [9.17, 15) is 9.59 Å². The highest BCUT2D eigenvalue weighted by molar-refractivity contribution is 6.31. The quantitative estimate of drug-likeness (QED) is 0.820. The molecule has 1 aromatic rings. The summed E-state index contributed by atoms with van der Waals surface area (Å²) in [6.07, 6.45) is 4.22. The standard InChI is InChI=1S/C15H20ClN3O4/c1-10-12(15(16)18(2)17-10)3-4-13(20)19(9-14(21)22)11-5-7-23-8-6-11/h3-4,11H,5-9H2,1-2H3,(H,21,22)/b4-3+. The Morgan fingerprint density at radius 3 is 2.65 bits per heavy atom. The van der Waals surface area contributed by atoms with Crippen LogP contribution in [0.3, 0.4) is 0 Å². The Labute approximate surface area is 139 Å². The summed E-state index contributed by atoms with van der Waals surface area (Å²) in [5.41, 5.74) is 1.36. The minimum atomic E-state index is -1.03. The maximum absolute atomic E-state index is 12.4. The second-order valence-electron chi connectivity index (χ2n) is 5.45. The molecule has 0 aromatic carbocycles. The van der Waals surface area contributed by atoms with Crippen molar-refractivity contribution < 1.29 is 19.4 Å². The average molecular weight is 342 g/mol. The minimum Gasteiger partial charge on any atom is -0.480 e. The Kier molecular flexibility index (Phi) is 5.79. The van der Waals surface area contributed by atoms with E-state index in [-0.39, 0.29) is 18.5 Å². The molecule has 1 amide bonds. The first-order valence-electron chi connectivity index (χ1n) is 7.37. The lowest BCUT2D eigenvalue weighted by molar-refractivity contribution is -0.145. The van der Waals surface area contributed by atoms with Gasteiger partial charge in [-0.1, -0.05) is 11.6 Å². The predicted molar refractivity (Wildman–Crippen MR) is 85.2 cm³/mol. The van der Waals surface area contributed by atoms with Crippen LogP contribution in [0.4, 0.5) is 0 Å². The van der Waals surface area contributed by atoms with E-state index in [1.807, 2.05) is 0 Å². The van der Waals surface area contributed by atoms with Gasteiger partial charge in [-0.05, 0) is 25.8 Å². The molecule has 2 rings (SSSR count). The molecule has 2 heterocycles. The molecule has 1 aromatic heterocycles. The molecule has 0 saturated carbocycles. The van der Waals surface area contributed by atoms with E-state index in [0.29, 0.717) is 42.5 Å². The van der Waals surface area contributed by atoms with Crippen LogP contribution in [0.15, 0.2) is 6.08 Å². The third kappa shape index (κ3) is 4.33. The van der Waals surface area contributed by atoms with Gasteiger partial charge in [-0.15, -0.1) is 0 Å². The van der Waals surface area contributed by atoms with Crippen LogP contribution in [0.2, 0.25) is 5.15 Å². The summed E-state index contributed by atoms with van der Waals surface area (Å²) < 4.78 is 6.79. The number of halogens is 1. The molecule has 126 valence electrons. The third-order valence-electron chi connectivity index (χ3n) is 3.81. The van der Waals surface area contributed by atoms with E-state index in [1.165, 1.54) is 15.7 Å². The van der Waals surface area contributed by atoms with Crippen molar-refractivity contribution >= 4 is 29.6 Å². The summed E-state index contributed by atoms with van der Waals surface area (Å²) >= 11 is 6.12. The number of rotatable bonds is 5. The largest absolute Gasteiger partial charge is 0.480 e. The van der Waals surface area contributed by atoms with Crippen molar-refractivity contribution in [1.82, 2.24) is 14.7 Å². The molecule has 1 saturated heterocycles. The van der Waals surface area contributed by atoms with Crippen LogP contribution in [0.5, 0.6) is 0 Å². The molecular formula is C15H20ClN3O4. The molecule has 0 unspecified atom stereocenters. The zero-order chi connectivity index (χ0) is 17.0. The second-order valence-corrected chi connectivity index (χ2v) is 5.81. The zero-order valence-corrected chi connectivity index (χ0v) is 13.9. The van der Waals surface area contributed by atoms with E-state index < -0.39 is 5.97 Å². The maximum atomic E-state index is 12.4. The molecular weight excluding hydrogens is 322 g/mol. The lowest BCUT2D eigenvalue weighted by Gasteiger charge is -2.32. The van der Waals surface area contributed by atoms with Crippen molar-refractivity contribution in [3.8, 4) is 0 Å². The first kappa shape index (κ1) is 17.5. The number of ether oxygens (including phenoxy) is 1. The van der Waals surface area contributed by atoms with Crippen LogP contribution < -0.4 is 0 Å². The summed E-state index contributed by atoms with van der Waals surface area (Å²) in [5, 5.41) is 13.7. The van der Waals surface area contributed by atoms with Crippen LogP contribution in [-0.2, 0) is 21.4 Å². The summed E-state index contributed by atoms with van der Waals surface area (Å²) in [6, 6.07) is -0.123. The van der Waals surface area contributed by atoms with Gasteiger partial charge in [-0.2, -0.15) is 5.10 Å². The van der Waals surface area contributed by atoms with Gasteiger partial charge in [0.05, 0.1) is 5.69 Å². The Hall–Kier alpha value is -1.86. The number of aliphatic carboxylic acids is 1.